The number of ether oxygens (including phenoxy) is 1. The van der Waals surface area contributed by atoms with E-state index in [4.69, 9.17) is 15.0 Å². The summed E-state index contributed by atoms with van der Waals surface area (Å²) in [5, 5.41) is 3.86. The van der Waals surface area contributed by atoms with E-state index >= 15 is 0 Å². The average Bonchev–Trinajstić information content (AvgIpc) is 2.86. The SMILES string of the molecule is Cc1cc(CN(C)C(=O)CCOc2ccccc2N)no1. The molecule has 2 N–H and O–H groups in total. The molecule has 2 rings (SSSR count). The maximum atomic E-state index is 12.0. The zero-order valence-corrected chi connectivity index (χ0v) is 12.2. The van der Waals surface area contributed by atoms with E-state index in [-0.39, 0.29) is 18.9 Å². The van der Waals surface area contributed by atoms with Crippen molar-refractivity contribution in [3.8, 4) is 5.75 Å². The van der Waals surface area contributed by atoms with Gasteiger partial charge in [0, 0.05) is 13.1 Å². The van der Waals surface area contributed by atoms with Crippen LogP contribution in [0.5, 0.6) is 5.75 Å². The van der Waals surface area contributed by atoms with Crippen molar-refractivity contribution in [2.75, 3.05) is 19.4 Å². The second kappa shape index (κ2) is 6.78. The maximum absolute atomic E-state index is 12.0. The Morgan fingerprint density at radius 3 is 2.86 bits per heavy atom. The van der Waals surface area contributed by atoms with E-state index in [1.54, 1.807) is 24.1 Å². The van der Waals surface area contributed by atoms with E-state index in [9.17, 15) is 4.79 Å². The van der Waals surface area contributed by atoms with Gasteiger partial charge in [0.2, 0.25) is 5.91 Å². The number of benzene rings is 1. The molecular formula is C15H19N3O3. The molecular weight excluding hydrogens is 270 g/mol. The van der Waals surface area contributed by atoms with Crippen LogP contribution in [-0.2, 0) is 11.3 Å². The van der Waals surface area contributed by atoms with Crippen LogP contribution < -0.4 is 10.5 Å². The molecule has 0 radical (unpaired) electrons. The number of aromatic nitrogens is 1. The molecule has 1 aromatic carbocycles. The van der Waals surface area contributed by atoms with E-state index in [1.807, 2.05) is 25.1 Å². The molecule has 6 nitrogen and oxygen atoms in total. The highest BCUT2D eigenvalue weighted by Gasteiger charge is 2.12. The quantitative estimate of drug-likeness (QED) is 0.822. The van der Waals surface area contributed by atoms with Gasteiger partial charge in [-0.1, -0.05) is 17.3 Å². The number of nitrogens with zero attached hydrogens (tertiary/aromatic N) is 2. The van der Waals surface area contributed by atoms with Crippen LogP contribution in [0.1, 0.15) is 17.9 Å². The minimum Gasteiger partial charge on any atom is -0.491 e. The molecule has 0 aliphatic rings. The zero-order valence-electron chi connectivity index (χ0n) is 12.2. The highest BCUT2D eigenvalue weighted by atomic mass is 16.5. The first-order chi connectivity index (χ1) is 10.1. The molecule has 1 aromatic heterocycles. The van der Waals surface area contributed by atoms with Gasteiger partial charge in [0.25, 0.3) is 0 Å². The van der Waals surface area contributed by atoms with E-state index < -0.39 is 0 Å². The van der Waals surface area contributed by atoms with Crippen molar-refractivity contribution >= 4 is 11.6 Å². The molecule has 1 heterocycles. The second-order valence-electron chi connectivity index (χ2n) is 4.81. The minimum atomic E-state index is -0.0230. The highest BCUT2D eigenvalue weighted by molar-refractivity contribution is 5.76. The van der Waals surface area contributed by atoms with Crippen LogP contribution in [0.25, 0.3) is 0 Å². The normalized spacial score (nSPS) is 10.4. The lowest BCUT2D eigenvalue weighted by Crippen LogP contribution is -2.27. The summed E-state index contributed by atoms with van der Waals surface area (Å²) in [6.45, 7) is 2.52. The summed E-state index contributed by atoms with van der Waals surface area (Å²) in [5.41, 5.74) is 7.06. The number of hydrogen-bond acceptors (Lipinski definition) is 5. The molecule has 0 unspecified atom stereocenters. The molecule has 0 fully saturated rings. The lowest BCUT2D eigenvalue weighted by molar-refractivity contribution is -0.131. The molecule has 6 heteroatoms. The van der Waals surface area contributed by atoms with Crippen molar-refractivity contribution in [1.29, 1.82) is 0 Å². The third-order valence-electron chi connectivity index (χ3n) is 2.99. The van der Waals surface area contributed by atoms with Crippen LogP contribution in [0, 0.1) is 6.92 Å². The van der Waals surface area contributed by atoms with Crippen molar-refractivity contribution in [3.63, 3.8) is 0 Å². The predicted molar refractivity (Wildman–Crippen MR) is 78.7 cm³/mol. The number of carbonyl (C=O) groups is 1. The number of hydrogen-bond donors (Lipinski definition) is 1. The van der Waals surface area contributed by atoms with Crippen LogP contribution >= 0.6 is 0 Å². The second-order valence-corrected chi connectivity index (χ2v) is 4.81. The molecule has 1 amide bonds. The molecule has 0 saturated heterocycles. The molecule has 0 atom stereocenters. The molecule has 0 bridgehead atoms. The first kappa shape index (κ1) is 14.9. The zero-order chi connectivity index (χ0) is 15.2. The summed E-state index contributed by atoms with van der Waals surface area (Å²) in [7, 11) is 1.73. The molecule has 0 aliphatic carbocycles. The van der Waals surface area contributed by atoms with Crippen molar-refractivity contribution < 1.29 is 14.1 Å². The minimum absolute atomic E-state index is 0.0230. The van der Waals surface area contributed by atoms with Crippen molar-refractivity contribution in [2.24, 2.45) is 0 Å². The molecule has 2 aromatic rings. The summed E-state index contributed by atoms with van der Waals surface area (Å²) in [6, 6.07) is 9.02. The number of amides is 1. The molecule has 0 spiro atoms. The van der Waals surface area contributed by atoms with Gasteiger partial charge in [-0.15, -0.1) is 0 Å². The first-order valence-electron chi connectivity index (χ1n) is 6.69. The lowest BCUT2D eigenvalue weighted by Gasteiger charge is -2.16. The monoisotopic (exact) mass is 289 g/mol. The number of carbonyl (C=O) groups excluding carboxylic acids is 1. The molecule has 0 aliphatic heterocycles. The van der Waals surface area contributed by atoms with Crippen LogP contribution in [0.3, 0.4) is 0 Å². The number of aryl methyl sites for hydroxylation is 1. The van der Waals surface area contributed by atoms with Gasteiger partial charge in [-0.25, -0.2) is 0 Å². The fraction of sp³-hybridized carbons (Fsp3) is 0.333. The van der Waals surface area contributed by atoms with Gasteiger partial charge in [-0.2, -0.15) is 0 Å². The molecule has 21 heavy (non-hydrogen) atoms. The van der Waals surface area contributed by atoms with Gasteiger partial charge in [-0.3, -0.25) is 4.79 Å². The number of nitrogens with two attached hydrogens (primary N) is 1. The van der Waals surface area contributed by atoms with E-state index in [1.165, 1.54) is 0 Å². The Balaban J connectivity index is 1.77. The summed E-state index contributed by atoms with van der Waals surface area (Å²) in [6.07, 6.45) is 0.279. The van der Waals surface area contributed by atoms with Gasteiger partial charge in [0.1, 0.15) is 17.2 Å². The number of nitrogen functional groups attached to an aromatic ring is 1. The maximum Gasteiger partial charge on any atom is 0.226 e. The smallest absolute Gasteiger partial charge is 0.226 e. The average molecular weight is 289 g/mol. The highest BCUT2D eigenvalue weighted by Crippen LogP contribution is 2.19. The Kier molecular flexibility index (Phi) is 4.81. The Bertz CT molecular complexity index is 610. The third-order valence-corrected chi connectivity index (χ3v) is 2.99. The first-order valence-corrected chi connectivity index (χ1v) is 6.69. The molecule has 112 valence electrons. The van der Waals surface area contributed by atoms with Gasteiger partial charge < -0.3 is 19.9 Å². The summed E-state index contributed by atoms with van der Waals surface area (Å²) in [5.74, 6) is 1.30. The number of rotatable bonds is 6. The van der Waals surface area contributed by atoms with E-state index in [0.717, 1.165) is 11.5 Å². The fourth-order valence-corrected chi connectivity index (χ4v) is 1.87. The Labute approximate surface area is 123 Å². The van der Waals surface area contributed by atoms with Crippen molar-refractivity contribution in [1.82, 2.24) is 10.1 Å². The predicted octanol–water partition coefficient (Wildman–Crippen LogP) is 1.99. The van der Waals surface area contributed by atoms with Gasteiger partial charge in [0.05, 0.1) is 25.3 Å². The Morgan fingerprint density at radius 2 is 2.19 bits per heavy atom. The fourth-order valence-electron chi connectivity index (χ4n) is 1.87. The topological polar surface area (TPSA) is 81.6 Å². The summed E-state index contributed by atoms with van der Waals surface area (Å²) >= 11 is 0. The van der Waals surface area contributed by atoms with Crippen LogP contribution in [-0.4, -0.2) is 29.6 Å². The van der Waals surface area contributed by atoms with Gasteiger partial charge in [-0.05, 0) is 19.1 Å². The summed E-state index contributed by atoms with van der Waals surface area (Å²) in [4.78, 5) is 13.6. The van der Waals surface area contributed by atoms with Gasteiger partial charge >= 0.3 is 0 Å². The number of para-hydroxylation sites is 2. The summed E-state index contributed by atoms with van der Waals surface area (Å²) < 4.78 is 10.5. The van der Waals surface area contributed by atoms with Crippen molar-refractivity contribution in [2.45, 2.75) is 19.9 Å². The largest absolute Gasteiger partial charge is 0.491 e. The standard InChI is InChI=1S/C15H19N3O3/c1-11-9-12(17-21-11)10-18(2)15(19)7-8-20-14-6-4-3-5-13(14)16/h3-6,9H,7-8,10,16H2,1-2H3. The lowest BCUT2D eigenvalue weighted by atomic mass is 10.3. The van der Waals surface area contributed by atoms with Crippen LogP contribution in [0.4, 0.5) is 5.69 Å². The van der Waals surface area contributed by atoms with Gasteiger partial charge in [0.15, 0.2) is 0 Å². The van der Waals surface area contributed by atoms with Crippen molar-refractivity contribution in [3.05, 3.63) is 41.8 Å². The van der Waals surface area contributed by atoms with E-state index in [2.05, 4.69) is 5.16 Å². The third kappa shape index (κ3) is 4.24. The van der Waals surface area contributed by atoms with Crippen LogP contribution in [0.15, 0.2) is 34.9 Å². The number of anilines is 1. The van der Waals surface area contributed by atoms with E-state index in [0.29, 0.717) is 18.0 Å². The Hall–Kier alpha value is -2.50. The Morgan fingerprint density at radius 1 is 1.43 bits per heavy atom. The molecule has 0 saturated carbocycles. The van der Waals surface area contributed by atoms with Crippen LogP contribution in [0.2, 0.25) is 0 Å².